The van der Waals surface area contributed by atoms with Gasteiger partial charge < -0.3 is 15.7 Å². The van der Waals surface area contributed by atoms with Gasteiger partial charge in [0.2, 0.25) is 5.95 Å². The normalized spacial score (nSPS) is 12.2. The van der Waals surface area contributed by atoms with Gasteiger partial charge in [-0.25, -0.2) is 9.97 Å². The van der Waals surface area contributed by atoms with Crippen molar-refractivity contribution in [3.63, 3.8) is 0 Å². The van der Waals surface area contributed by atoms with Crippen LogP contribution in [0.15, 0.2) is 6.07 Å². The highest BCUT2D eigenvalue weighted by molar-refractivity contribution is 7.80. The number of aryl methyl sites for hydroxylation is 1. The monoisotopic (exact) mass is 240 g/mol. The Hall–Kier alpha value is -1.27. The van der Waals surface area contributed by atoms with Gasteiger partial charge in [-0.3, -0.25) is 0 Å². The van der Waals surface area contributed by atoms with Crippen molar-refractivity contribution in [3.05, 3.63) is 17.5 Å². The number of nitrogens with two attached hydrogens (primary N) is 1. The number of nitrogens with zero attached hydrogens (tertiary/aromatic N) is 3. The maximum atomic E-state index is 9.07. The third kappa shape index (κ3) is 2.86. The third-order valence-corrected chi connectivity index (χ3v) is 2.54. The Morgan fingerprint density at radius 2 is 2.25 bits per heavy atom. The van der Waals surface area contributed by atoms with Crippen LogP contribution in [-0.2, 0) is 0 Å². The van der Waals surface area contributed by atoms with Crippen molar-refractivity contribution in [1.82, 2.24) is 9.97 Å². The molecule has 0 aliphatic carbocycles. The first-order valence-corrected chi connectivity index (χ1v) is 5.35. The van der Waals surface area contributed by atoms with Gasteiger partial charge in [0.1, 0.15) is 10.7 Å². The molecule has 5 nitrogen and oxygen atoms in total. The molecule has 0 saturated heterocycles. The largest absolute Gasteiger partial charge is 0.394 e. The average molecular weight is 240 g/mol. The Kier molecular flexibility index (Phi) is 4.14. The summed E-state index contributed by atoms with van der Waals surface area (Å²) in [6.45, 7) is 3.77. The molecule has 0 spiro atoms. The van der Waals surface area contributed by atoms with Crippen LogP contribution in [0.5, 0.6) is 0 Å². The summed E-state index contributed by atoms with van der Waals surface area (Å²) in [7, 11) is 1.82. The number of thiocarbonyl (C=S) groups is 1. The fourth-order valence-corrected chi connectivity index (χ4v) is 1.26. The molecule has 1 atom stereocenters. The van der Waals surface area contributed by atoms with Crippen LogP contribution in [0, 0.1) is 6.92 Å². The van der Waals surface area contributed by atoms with E-state index in [1.54, 1.807) is 11.0 Å². The zero-order valence-electron chi connectivity index (χ0n) is 9.64. The van der Waals surface area contributed by atoms with Crippen LogP contribution in [0.2, 0.25) is 0 Å². The van der Waals surface area contributed by atoms with Gasteiger partial charge in [-0.15, -0.1) is 0 Å². The van der Waals surface area contributed by atoms with Gasteiger partial charge in [0, 0.05) is 12.7 Å². The van der Waals surface area contributed by atoms with Crippen LogP contribution < -0.4 is 10.6 Å². The lowest BCUT2D eigenvalue weighted by atomic mass is 10.3. The van der Waals surface area contributed by atoms with E-state index in [1.165, 1.54) is 0 Å². The molecular formula is C10H16N4OS. The number of aliphatic hydroxyl groups is 1. The highest BCUT2D eigenvalue weighted by Crippen LogP contribution is 2.11. The van der Waals surface area contributed by atoms with Gasteiger partial charge >= 0.3 is 0 Å². The van der Waals surface area contributed by atoms with Crippen LogP contribution in [-0.4, -0.2) is 39.8 Å². The third-order valence-electron chi connectivity index (χ3n) is 2.34. The number of likely N-dealkylation sites (N-methyl/N-ethyl adjacent to an activating group) is 1. The molecule has 1 unspecified atom stereocenters. The molecule has 0 radical (unpaired) electrons. The molecular weight excluding hydrogens is 224 g/mol. The number of rotatable bonds is 4. The van der Waals surface area contributed by atoms with Crippen LogP contribution in [0.4, 0.5) is 5.95 Å². The zero-order chi connectivity index (χ0) is 12.3. The number of anilines is 1. The molecule has 0 saturated carbocycles. The first-order valence-electron chi connectivity index (χ1n) is 4.95. The van der Waals surface area contributed by atoms with Gasteiger partial charge in [0.05, 0.1) is 12.6 Å². The first kappa shape index (κ1) is 12.8. The summed E-state index contributed by atoms with van der Waals surface area (Å²) in [6.07, 6.45) is 0. The van der Waals surface area contributed by atoms with Crippen molar-refractivity contribution < 1.29 is 5.11 Å². The molecule has 16 heavy (non-hydrogen) atoms. The molecule has 0 fully saturated rings. The van der Waals surface area contributed by atoms with Gasteiger partial charge in [-0.2, -0.15) is 0 Å². The van der Waals surface area contributed by atoms with E-state index in [4.69, 9.17) is 23.1 Å². The topological polar surface area (TPSA) is 75.3 Å². The zero-order valence-corrected chi connectivity index (χ0v) is 10.5. The summed E-state index contributed by atoms with van der Waals surface area (Å²) in [6, 6.07) is 1.68. The van der Waals surface area contributed by atoms with Gasteiger partial charge in [0.15, 0.2) is 0 Å². The molecule has 6 heteroatoms. The van der Waals surface area contributed by atoms with E-state index >= 15 is 0 Å². The molecule has 1 rings (SSSR count). The van der Waals surface area contributed by atoms with E-state index in [-0.39, 0.29) is 17.6 Å². The highest BCUT2D eigenvalue weighted by Gasteiger charge is 2.13. The van der Waals surface area contributed by atoms with Crippen molar-refractivity contribution in [2.24, 2.45) is 5.73 Å². The second kappa shape index (κ2) is 5.18. The van der Waals surface area contributed by atoms with Crippen LogP contribution in [0.1, 0.15) is 18.3 Å². The second-order valence-corrected chi connectivity index (χ2v) is 4.14. The lowest BCUT2D eigenvalue weighted by molar-refractivity contribution is 0.269. The Labute approximate surface area is 100 Å². The second-order valence-electron chi connectivity index (χ2n) is 3.70. The lowest BCUT2D eigenvalue weighted by Crippen LogP contribution is -2.33. The molecule has 88 valence electrons. The summed E-state index contributed by atoms with van der Waals surface area (Å²) in [5.41, 5.74) is 6.88. The molecule has 1 aromatic heterocycles. The summed E-state index contributed by atoms with van der Waals surface area (Å²) < 4.78 is 0. The van der Waals surface area contributed by atoms with Crippen molar-refractivity contribution in [2.45, 2.75) is 19.9 Å². The molecule has 0 bridgehead atoms. The first-order chi connectivity index (χ1) is 7.45. The van der Waals surface area contributed by atoms with Crippen LogP contribution in [0.25, 0.3) is 0 Å². The van der Waals surface area contributed by atoms with Crippen molar-refractivity contribution >= 4 is 23.2 Å². The molecule has 1 heterocycles. The minimum Gasteiger partial charge on any atom is -0.394 e. The van der Waals surface area contributed by atoms with E-state index in [2.05, 4.69) is 9.97 Å². The van der Waals surface area contributed by atoms with Crippen LogP contribution >= 0.6 is 12.2 Å². The molecule has 0 aliphatic rings. The predicted octanol–water partition coefficient (Wildman–Crippen LogP) is 0.236. The van der Waals surface area contributed by atoms with Gasteiger partial charge in [-0.1, -0.05) is 12.2 Å². The lowest BCUT2D eigenvalue weighted by Gasteiger charge is -2.23. The standard InChI is InChI=1S/C10H16N4OS/c1-6-4-8(9(11)16)13-10(12-6)14(3)7(2)5-15/h4,7,15H,5H2,1-3H3,(H2,11,16). The van der Waals surface area contributed by atoms with Crippen LogP contribution in [0.3, 0.4) is 0 Å². The molecule has 3 N–H and O–H groups in total. The van der Waals surface area contributed by atoms with Gasteiger partial charge in [0.25, 0.3) is 0 Å². The quantitative estimate of drug-likeness (QED) is 0.734. The number of aliphatic hydroxyl groups excluding tert-OH is 1. The van der Waals surface area contributed by atoms with E-state index in [1.807, 2.05) is 20.9 Å². The summed E-state index contributed by atoms with van der Waals surface area (Å²) in [4.78, 5) is 10.5. The fraction of sp³-hybridized carbons (Fsp3) is 0.500. The van der Waals surface area contributed by atoms with E-state index < -0.39 is 0 Å². The summed E-state index contributed by atoms with van der Waals surface area (Å²) in [5.74, 6) is 0.518. The number of hydrogen-bond acceptors (Lipinski definition) is 5. The maximum absolute atomic E-state index is 9.07. The van der Waals surface area contributed by atoms with Gasteiger partial charge in [-0.05, 0) is 19.9 Å². The molecule has 0 amide bonds. The Morgan fingerprint density at radius 3 is 2.75 bits per heavy atom. The Morgan fingerprint density at radius 1 is 1.62 bits per heavy atom. The highest BCUT2D eigenvalue weighted by atomic mass is 32.1. The Balaban J connectivity index is 3.09. The average Bonchev–Trinajstić information content (AvgIpc) is 2.26. The number of hydrogen-bond donors (Lipinski definition) is 2. The van der Waals surface area contributed by atoms with E-state index in [0.29, 0.717) is 11.6 Å². The van der Waals surface area contributed by atoms with E-state index in [0.717, 1.165) is 5.69 Å². The molecule has 0 aliphatic heterocycles. The SMILES string of the molecule is Cc1cc(C(N)=S)nc(N(C)C(C)CO)n1. The smallest absolute Gasteiger partial charge is 0.226 e. The minimum atomic E-state index is -0.0546. The van der Waals surface area contributed by atoms with Crippen molar-refractivity contribution in [1.29, 1.82) is 0 Å². The Bertz CT molecular complexity index is 396. The van der Waals surface area contributed by atoms with E-state index in [9.17, 15) is 0 Å². The number of aromatic nitrogens is 2. The molecule has 0 aromatic carbocycles. The molecule has 1 aromatic rings. The van der Waals surface area contributed by atoms with Crippen molar-refractivity contribution in [2.75, 3.05) is 18.6 Å². The maximum Gasteiger partial charge on any atom is 0.226 e. The summed E-state index contributed by atoms with van der Waals surface area (Å²) in [5, 5.41) is 9.07. The fourth-order valence-electron chi connectivity index (χ4n) is 1.16. The summed E-state index contributed by atoms with van der Waals surface area (Å²) >= 11 is 4.88. The predicted molar refractivity (Wildman–Crippen MR) is 67.6 cm³/mol. The van der Waals surface area contributed by atoms with Crippen molar-refractivity contribution in [3.8, 4) is 0 Å². The minimum absolute atomic E-state index is 0.0379.